The number of benzene rings is 2. The summed E-state index contributed by atoms with van der Waals surface area (Å²) >= 11 is 12.0. The van der Waals surface area contributed by atoms with Gasteiger partial charge in [-0.25, -0.2) is 0 Å². The summed E-state index contributed by atoms with van der Waals surface area (Å²) in [5.74, 6) is 1.57. The monoisotopic (exact) mass is 374 g/mol. The highest BCUT2D eigenvalue weighted by molar-refractivity contribution is 7.80. The molecule has 2 aromatic rings. The van der Waals surface area contributed by atoms with E-state index in [-0.39, 0.29) is 6.04 Å². The summed E-state index contributed by atoms with van der Waals surface area (Å²) in [7, 11) is 0. The van der Waals surface area contributed by atoms with Crippen LogP contribution in [0.5, 0.6) is 11.5 Å². The van der Waals surface area contributed by atoms with Crippen LogP contribution in [-0.2, 0) is 0 Å². The third-order valence-corrected chi connectivity index (χ3v) is 5.26. The number of nitrogens with one attached hydrogen (secondary N) is 1. The highest BCUT2D eigenvalue weighted by Crippen LogP contribution is 2.48. The third-order valence-electron chi connectivity index (χ3n) is 4.66. The first-order chi connectivity index (χ1) is 12.0. The van der Waals surface area contributed by atoms with E-state index in [0.29, 0.717) is 16.7 Å². The van der Waals surface area contributed by atoms with E-state index in [2.05, 4.69) is 12.2 Å². The minimum Gasteiger partial charge on any atom is -0.494 e. The number of anilines is 1. The second-order valence-electron chi connectivity index (χ2n) is 6.40. The molecule has 0 radical (unpaired) electrons. The molecule has 0 unspecified atom stereocenters. The molecule has 4 nitrogen and oxygen atoms in total. The predicted molar refractivity (Wildman–Crippen MR) is 104 cm³/mol. The molecule has 2 heterocycles. The molecule has 0 amide bonds. The fourth-order valence-electron chi connectivity index (χ4n) is 3.60. The molecule has 130 valence electrons. The minimum atomic E-state index is -0.599. The lowest BCUT2D eigenvalue weighted by Crippen LogP contribution is -2.65. The second-order valence-corrected chi connectivity index (χ2v) is 7.20. The summed E-state index contributed by atoms with van der Waals surface area (Å²) in [4.78, 5) is 2.01. The first kappa shape index (κ1) is 16.5. The van der Waals surface area contributed by atoms with Crippen LogP contribution < -0.4 is 19.7 Å². The topological polar surface area (TPSA) is 33.7 Å². The molecular weight excluding hydrogens is 356 g/mol. The van der Waals surface area contributed by atoms with Crippen molar-refractivity contribution in [1.29, 1.82) is 0 Å². The Morgan fingerprint density at radius 1 is 1.32 bits per heavy atom. The summed E-state index contributed by atoms with van der Waals surface area (Å²) < 4.78 is 11.9. The highest BCUT2D eigenvalue weighted by atomic mass is 35.5. The Bertz CT molecular complexity index is 827. The van der Waals surface area contributed by atoms with E-state index in [4.69, 9.17) is 33.3 Å². The Morgan fingerprint density at radius 3 is 2.80 bits per heavy atom. The molecule has 0 saturated carbocycles. The molecule has 1 N–H and O–H groups in total. The van der Waals surface area contributed by atoms with Gasteiger partial charge in [-0.15, -0.1) is 0 Å². The number of thiocarbonyl (C=S) groups is 1. The van der Waals surface area contributed by atoms with Crippen molar-refractivity contribution in [2.45, 2.75) is 32.0 Å². The smallest absolute Gasteiger partial charge is 0.188 e. The van der Waals surface area contributed by atoms with Gasteiger partial charge in [-0.3, -0.25) is 4.90 Å². The molecule has 2 aromatic carbocycles. The number of ether oxygens (including phenoxy) is 2. The van der Waals surface area contributed by atoms with Gasteiger partial charge in [0.1, 0.15) is 11.5 Å². The van der Waals surface area contributed by atoms with Crippen LogP contribution in [-0.4, -0.2) is 17.4 Å². The molecule has 2 bridgehead atoms. The van der Waals surface area contributed by atoms with Crippen molar-refractivity contribution in [2.75, 3.05) is 11.5 Å². The average molecular weight is 375 g/mol. The van der Waals surface area contributed by atoms with E-state index in [9.17, 15) is 0 Å². The molecule has 4 rings (SSSR count). The number of para-hydroxylation sites is 1. The fraction of sp³-hybridized carbons (Fsp3) is 0.316. The minimum absolute atomic E-state index is 0.0962. The van der Waals surface area contributed by atoms with Gasteiger partial charge in [-0.2, -0.15) is 0 Å². The van der Waals surface area contributed by atoms with E-state index in [1.165, 1.54) is 0 Å². The summed E-state index contributed by atoms with van der Waals surface area (Å²) in [5.41, 5.74) is 1.41. The van der Waals surface area contributed by atoms with Gasteiger partial charge in [0.25, 0.3) is 0 Å². The molecule has 2 aliphatic heterocycles. The van der Waals surface area contributed by atoms with Crippen LogP contribution in [0.4, 0.5) is 5.69 Å². The number of halogens is 1. The van der Waals surface area contributed by atoms with Gasteiger partial charge < -0.3 is 14.8 Å². The predicted octanol–water partition coefficient (Wildman–Crippen LogP) is 4.67. The zero-order chi connectivity index (χ0) is 17.6. The van der Waals surface area contributed by atoms with Gasteiger partial charge in [0.05, 0.1) is 17.7 Å². The van der Waals surface area contributed by atoms with E-state index in [0.717, 1.165) is 29.2 Å². The van der Waals surface area contributed by atoms with Crippen molar-refractivity contribution in [1.82, 2.24) is 5.32 Å². The average Bonchev–Trinajstić information content (AvgIpc) is 2.57. The zero-order valence-corrected chi connectivity index (χ0v) is 15.7. The summed E-state index contributed by atoms with van der Waals surface area (Å²) in [5, 5.41) is 4.70. The maximum atomic E-state index is 6.38. The maximum Gasteiger partial charge on any atom is 0.188 e. The van der Waals surface area contributed by atoms with Crippen molar-refractivity contribution >= 4 is 34.6 Å². The second kappa shape index (κ2) is 6.07. The number of nitrogens with zero attached hydrogens (tertiary/aromatic N) is 1. The van der Waals surface area contributed by atoms with Crippen LogP contribution in [0.1, 0.15) is 31.9 Å². The molecular formula is C19H19ClN2O2S. The lowest BCUT2D eigenvalue weighted by Gasteiger charge is -2.52. The quantitative estimate of drug-likeness (QED) is 0.789. The molecule has 2 aliphatic rings. The van der Waals surface area contributed by atoms with Crippen molar-refractivity contribution < 1.29 is 9.47 Å². The molecule has 6 heteroatoms. The first-order valence-electron chi connectivity index (χ1n) is 8.33. The van der Waals surface area contributed by atoms with E-state index in [1.54, 1.807) is 0 Å². The van der Waals surface area contributed by atoms with Crippen molar-refractivity contribution in [3.8, 4) is 11.5 Å². The van der Waals surface area contributed by atoms with Gasteiger partial charge in [-0.05, 0) is 56.4 Å². The molecule has 2 atom stereocenters. The van der Waals surface area contributed by atoms with E-state index < -0.39 is 5.72 Å². The van der Waals surface area contributed by atoms with Crippen LogP contribution in [0.3, 0.4) is 0 Å². The van der Waals surface area contributed by atoms with Gasteiger partial charge >= 0.3 is 0 Å². The Hall–Kier alpha value is -1.98. The lowest BCUT2D eigenvalue weighted by molar-refractivity contribution is 0.0499. The van der Waals surface area contributed by atoms with Crippen LogP contribution in [0.15, 0.2) is 42.5 Å². The van der Waals surface area contributed by atoms with Crippen LogP contribution >= 0.6 is 23.8 Å². The molecule has 1 fully saturated rings. The molecule has 25 heavy (non-hydrogen) atoms. The Morgan fingerprint density at radius 2 is 2.08 bits per heavy atom. The zero-order valence-electron chi connectivity index (χ0n) is 14.1. The standard InChI is InChI=1S/C19H19ClN2O2S/c1-3-23-13-9-7-12(8-10-13)22-18(25)21-16-11-19(22,2)24-17-14(16)5-4-6-15(17)20/h4-10,16H,3,11H2,1-2H3,(H,21,25)/t16-,19+/m0/s1. The molecule has 0 spiro atoms. The summed E-state index contributed by atoms with van der Waals surface area (Å²) in [6.07, 6.45) is 0.772. The van der Waals surface area contributed by atoms with Crippen molar-refractivity contribution in [3.05, 3.63) is 53.1 Å². The number of rotatable bonds is 3. The Kier molecular flexibility index (Phi) is 4.01. The van der Waals surface area contributed by atoms with Crippen LogP contribution in [0, 0.1) is 0 Å². The first-order valence-corrected chi connectivity index (χ1v) is 9.11. The summed E-state index contributed by atoms with van der Waals surface area (Å²) in [6, 6.07) is 13.8. The number of hydrogen-bond acceptors (Lipinski definition) is 3. The lowest BCUT2D eigenvalue weighted by atomic mass is 9.90. The Balaban J connectivity index is 1.73. The number of hydrogen-bond donors (Lipinski definition) is 1. The van der Waals surface area contributed by atoms with Crippen molar-refractivity contribution in [2.24, 2.45) is 0 Å². The summed E-state index contributed by atoms with van der Waals surface area (Å²) in [6.45, 7) is 4.66. The highest BCUT2D eigenvalue weighted by Gasteiger charge is 2.48. The largest absolute Gasteiger partial charge is 0.494 e. The molecule has 0 aliphatic carbocycles. The maximum absolute atomic E-state index is 6.38. The van der Waals surface area contributed by atoms with Gasteiger partial charge in [0.2, 0.25) is 0 Å². The van der Waals surface area contributed by atoms with Gasteiger partial charge in [0.15, 0.2) is 10.8 Å². The van der Waals surface area contributed by atoms with Crippen molar-refractivity contribution in [3.63, 3.8) is 0 Å². The van der Waals surface area contributed by atoms with Crippen LogP contribution in [0.25, 0.3) is 0 Å². The normalized spacial score (nSPS) is 24.2. The SMILES string of the molecule is CCOc1ccc(N2C(=S)N[C@H]3C[C@@]2(C)Oc2c(Cl)cccc23)cc1. The van der Waals surface area contributed by atoms with E-state index in [1.807, 2.05) is 54.3 Å². The fourth-order valence-corrected chi connectivity index (χ4v) is 4.26. The van der Waals surface area contributed by atoms with Gasteiger partial charge in [0, 0.05) is 17.7 Å². The Labute approximate surface area is 157 Å². The van der Waals surface area contributed by atoms with Crippen LogP contribution in [0.2, 0.25) is 5.02 Å². The molecule has 1 saturated heterocycles. The van der Waals surface area contributed by atoms with E-state index >= 15 is 0 Å². The third kappa shape index (κ3) is 2.71. The van der Waals surface area contributed by atoms with Gasteiger partial charge in [-0.1, -0.05) is 23.7 Å². The number of fused-ring (bicyclic) bond motifs is 4. The molecule has 0 aromatic heterocycles.